The molecule has 1 unspecified atom stereocenters. The van der Waals surface area contributed by atoms with Gasteiger partial charge in [0, 0.05) is 25.7 Å². The Kier molecular flexibility index (Phi) is 3.82. The smallest absolute Gasteiger partial charge is 0.236 e. The highest BCUT2D eigenvalue weighted by Crippen LogP contribution is 2.18. The Balaban J connectivity index is 1.68. The van der Waals surface area contributed by atoms with Crippen LogP contribution < -0.4 is 5.32 Å². The number of carbonyl (C=O) groups excluding carboxylic acids is 1. The first-order valence-corrected chi connectivity index (χ1v) is 6.34. The van der Waals surface area contributed by atoms with Gasteiger partial charge in [0.1, 0.15) is 0 Å². The maximum Gasteiger partial charge on any atom is 0.236 e. The molecule has 0 spiro atoms. The molecule has 2 aliphatic rings. The summed E-state index contributed by atoms with van der Waals surface area (Å²) in [6.07, 6.45) is 4.97. The molecule has 0 radical (unpaired) electrons. The summed E-state index contributed by atoms with van der Waals surface area (Å²) in [5.74, 6) is 0.229. The third-order valence-electron chi connectivity index (χ3n) is 3.70. The fourth-order valence-electron chi connectivity index (χ4n) is 2.28. The third-order valence-corrected chi connectivity index (χ3v) is 3.70. The molecule has 1 N–H and O–H groups in total. The molecule has 1 saturated carbocycles. The van der Waals surface area contributed by atoms with Crippen LogP contribution in [0, 0.1) is 0 Å². The van der Waals surface area contributed by atoms with Crippen molar-refractivity contribution in [3.63, 3.8) is 0 Å². The Morgan fingerprint density at radius 2 is 2.19 bits per heavy atom. The van der Waals surface area contributed by atoms with Gasteiger partial charge in [-0.25, -0.2) is 0 Å². The van der Waals surface area contributed by atoms with Crippen LogP contribution in [0.15, 0.2) is 0 Å². The zero-order valence-electron chi connectivity index (χ0n) is 10.4. The predicted molar refractivity (Wildman–Crippen MR) is 64.3 cm³/mol. The van der Waals surface area contributed by atoms with Crippen LogP contribution in [-0.4, -0.2) is 61.5 Å². The zero-order chi connectivity index (χ0) is 11.5. The molecule has 2 fully saturated rings. The van der Waals surface area contributed by atoms with Crippen LogP contribution in [0.25, 0.3) is 0 Å². The van der Waals surface area contributed by atoms with E-state index in [1.807, 2.05) is 11.9 Å². The second-order valence-electron chi connectivity index (χ2n) is 5.21. The van der Waals surface area contributed by atoms with E-state index in [9.17, 15) is 4.79 Å². The number of likely N-dealkylation sites (tertiary alicyclic amines) is 1. The monoisotopic (exact) mass is 225 g/mol. The van der Waals surface area contributed by atoms with E-state index < -0.39 is 0 Å². The van der Waals surface area contributed by atoms with E-state index in [2.05, 4.69) is 17.3 Å². The number of nitrogens with one attached hydrogen (secondary N) is 1. The number of likely N-dealkylation sites (N-methyl/N-ethyl adjacent to an activating group) is 2. The molecule has 0 aromatic heterocycles. The number of rotatable bonds is 5. The van der Waals surface area contributed by atoms with Crippen LogP contribution in [-0.2, 0) is 4.79 Å². The quantitative estimate of drug-likeness (QED) is 0.730. The average Bonchev–Trinajstić information content (AvgIpc) is 3.01. The van der Waals surface area contributed by atoms with Gasteiger partial charge in [-0.05, 0) is 39.3 Å². The van der Waals surface area contributed by atoms with Gasteiger partial charge in [-0.3, -0.25) is 4.79 Å². The Bertz CT molecular complexity index is 253. The second-order valence-corrected chi connectivity index (χ2v) is 5.21. The normalized spacial score (nSPS) is 26.0. The summed E-state index contributed by atoms with van der Waals surface area (Å²) in [6.45, 7) is 2.56. The van der Waals surface area contributed by atoms with Crippen LogP contribution >= 0.6 is 0 Å². The molecule has 0 aromatic carbocycles. The van der Waals surface area contributed by atoms with E-state index in [1.54, 1.807) is 0 Å². The lowest BCUT2D eigenvalue weighted by atomic mass is 10.2. The van der Waals surface area contributed by atoms with Gasteiger partial charge in [-0.1, -0.05) is 0 Å². The Labute approximate surface area is 98.0 Å². The molecule has 92 valence electrons. The lowest BCUT2D eigenvalue weighted by Gasteiger charge is -2.26. The SMILES string of the molecule is CN(CC1CCCN1C)C(=O)CNC1CC1. The minimum Gasteiger partial charge on any atom is -0.343 e. The fourth-order valence-corrected chi connectivity index (χ4v) is 2.28. The standard InChI is InChI=1S/C12H23N3O/c1-14-7-3-4-11(14)9-15(2)12(16)8-13-10-5-6-10/h10-11,13H,3-9H2,1-2H3. The lowest BCUT2D eigenvalue weighted by molar-refractivity contribution is -0.129. The van der Waals surface area contributed by atoms with Gasteiger partial charge in [0.2, 0.25) is 5.91 Å². The summed E-state index contributed by atoms with van der Waals surface area (Å²) in [5.41, 5.74) is 0. The van der Waals surface area contributed by atoms with Gasteiger partial charge < -0.3 is 15.1 Å². The van der Waals surface area contributed by atoms with Gasteiger partial charge in [0.25, 0.3) is 0 Å². The van der Waals surface area contributed by atoms with Gasteiger partial charge in [-0.2, -0.15) is 0 Å². The molecule has 4 heteroatoms. The fraction of sp³-hybridized carbons (Fsp3) is 0.917. The van der Waals surface area contributed by atoms with Crippen LogP contribution in [0.4, 0.5) is 0 Å². The first-order valence-electron chi connectivity index (χ1n) is 6.34. The molecule has 1 amide bonds. The zero-order valence-corrected chi connectivity index (χ0v) is 10.4. The summed E-state index contributed by atoms with van der Waals surface area (Å²) in [6, 6.07) is 1.18. The molecule has 0 bridgehead atoms. The van der Waals surface area contributed by atoms with Crippen LogP contribution in [0.1, 0.15) is 25.7 Å². The first-order chi connectivity index (χ1) is 7.66. The lowest BCUT2D eigenvalue weighted by Crippen LogP contribution is -2.43. The largest absolute Gasteiger partial charge is 0.343 e. The van der Waals surface area contributed by atoms with E-state index >= 15 is 0 Å². The van der Waals surface area contributed by atoms with Crippen molar-refractivity contribution < 1.29 is 4.79 Å². The van der Waals surface area contributed by atoms with Gasteiger partial charge in [0.15, 0.2) is 0 Å². The Hall–Kier alpha value is -0.610. The second kappa shape index (κ2) is 5.15. The summed E-state index contributed by atoms with van der Waals surface area (Å²) in [5, 5.41) is 3.27. The molecule has 16 heavy (non-hydrogen) atoms. The van der Waals surface area contributed by atoms with E-state index in [4.69, 9.17) is 0 Å². The predicted octanol–water partition coefficient (Wildman–Crippen LogP) is 0.291. The van der Waals surface area contributed by atoms with Crippen LogP contribution in [0.5, 0.6) is 0 Å². The topological polar surface area (TPSA) is 35.6 Å². The van der Waals surface area contributed by atoms with Crippen LogP contribution in [0.3, 0.4) is 0 Å². The minimum atomic E-state index is 0.229. The molecule has 1 heterocycles. The van der Waals surface area contributed by atoms with Crippen LogP contribution in [0.2, 0.25) is 0 Å². The molecule has 1 saturated heterocycles. The first kappa shape index (κ1) is 11.9. The van der Waals surface area contributed by atoms with Gasteiger partial charge in [0.05, 0.1) is 6.54 Å². The minimum absolute atomic E-state index is 0.229. The van der Waals surface area contributed by atoms with Gasteiger partial charge in [-0.15, -0.1) is 0 Å². The van der Waals surface area contributed by atoms with Crippen molar-refractivity contribution in [3.8, 4) is 0 Å². The molecule has 1 atom stereocenters. The number of carbonyl (C=O) groups is 1. The molecular weight excluding hydrogens is 202 g/mol. The van der Waals surface area contributed by atoms with Crippen molar-refractivity contribution in [2.24, 2.45) is 0 Å². The molecular formula is C12H23N3O. The highest BCUT2D eigenvalue weighted by atomic mass is 16.2. The van der Waals surface area contributed by atoms with Crippen molar-refractivity contribution in [2.45, 2.75) is 37.8 Å². The molecule has 1 aliphatic heterocycles. The molecule has 0 aromatic rings. The maximum absolute atomic E-state index is 11.8. The molecule has 2 rings (SSSR count). The highest BCUT2D eigenvalue weighted by Gasteiger charge is 2.25. The van der Waals surface area contributed by atoms with E-state index in [-0.39, 0.29) is 5.91 Å². The summed E-state index contributed by atoms with van der Waals surface area (Å²) < 4.78 is 0. The van der Waals surface area contributed by atoms with Gasteiger partial charge >= 0.3 is 0 Å². The number of hydrogen-bond acceptors (Lipinski definition) is 3. The van der Waals surface area contributed by atoms with E-state index in [0.29, 0.717) is 18.6 Å². The third kappa shape index (κ3) is 3.19. The van der Waals surface area contributed by atoms with Crippen molar-refractivity contribution in [2.75, 3.05) is 33.7 Å². The van der Waals surface area contributed by atoms with Crippen molar-refractivity contribution >= 4 is 5.91 Å². The number of nitrogens with zero attached hydrogens (tertiary/aromatic N) is 2. The van der Waals surface area contributed by atoms with E-state index in [1.165, 1.54) is 32.2 Å². The number of amides is 1. The number of hydrogen-bond donors (Lipinski definition) is 1. The van der Waals surface area contributed by atoms with Crippen molar-refractivity contribution in [1.82, 2.24) is 15.1 Å². The summed E-state index contributed by atoms with van der Waals surface area (Å²) in [4.78, 5) is 16.1. The average molecular weight is 225 g/mol. The van der Waals surface area contributed by atoms with Crippen molar-refractivity contribution in [3.05, 3.63) is 0 Å². The molecule has 4 nitrogen and oxygen atoms in total. The Morgan fingerprint density at radius 1 is 1.44 bits per heavy atom. The summed E-state index contributed by atoms with van der Waals surface area (Å²) in [7, 11) is 4.07. The maximum atomic E-state index is 11.8. The highest BCUT2D eigenvalue weighted by molar-refractivity contribution is 5.78. The van der Waals surface area contributed by atoms with Crippen molar-refractivity contribution in [1.29, 1.82) is 0 Å². The summed E-state index contributed by atoms with van der Waals surface area (Å²) >= 11 is 0. The Morgan fingerprint density at radius 3 is 2.75 bits per heavy atom. The van der Waals surface area contributed by atoms with E-state index in [0.717, 1.165) is 6.54 Å². The molecule has 1 aliphatic carbocycles.